The van der Waals surface area contributed by atoms with E-state index in [-0.39, 0.29) is 16.2 Å². The minimum absolute atomic E-state index is 0.145. The van der Waals surface area contributed by atoms with E-state index in [4.69, 9.17) is 4.74 Å². The molecule has 1 unspecified atom stereocenters. The van der Waals surface area contributed by atoms with Crippen LogP contribution in [0.5, 0.6) is 5.75 Å². The van der Waals surface area contributed by atoms with Crippen LogP contribution < -0.4 is 10.0 Å². The van der Waals surface area contributed by atoms with Gasteiger partial charge in [-0.3, -0.25) is 0 Å². The molecule has 1 heterocycles. The van der Waals surface area contributed by atoms with Gasteiger partial charge in [-0.05, 0) is 0 Å². The van der Waals surface area contributed by atoms with Crippen molar-refractivity contribution in [1.29, 1.82) is 0 Å². The summed E-state index contributed by atoms with van der Waals surface area (Å²) < 4.78 is 6.72. The van der Waals surface area contributed by atoms with Gasteiger partial charge in [0.25, 0.3) is 0 Å². The van der Waals surface area contributed by atoms with Gasteiger partial charge in [0.05, 0.1) is 0 Å². The number of rotatable bonds is 1. The first-order valence-electron chi connectivity index (χ1n) is 11.8. The van der Waals surface area contributed by atoms with Gasteiger partial charge < -0.3 is 0 Å². The number of ether oxygens (including phenoxy) is 1. The van der Waals surface area contributed by atoms with Gasteiger partial charge >= 0.3 is 193 Å². The summed E-state index contributed by atoms with van der Waals surface area (Å²) in [5, 5.41) is 7.04. The zero-order chi connectivity index (χ0) is 22.9. The van der Waals surface area contributed by atoms with Crippen molar-refractivity contribution in [2.45, 2.75) is 64.6 Å². The summed E-state index contributed by atoms with van der Waals surface area (Å²) in [6.07, 6.45) is 0. The Kier molecular flexibility index (Phi) is 4.74. The average molecular weight is 443 g/mol. The molecule has 0 bridgehead atoms. The monoisotopic (exact) mass is 442 g/mol. The van der Waals surface area contributed by atoms with Crippen LogP contribution in [0.1, 0.15) is 48.5 Å². The Morgan fingerprint density at radius 1 is 0.688 bits per heavy atom. The molecule has 0 fully saturated rings. The molecule has 166 valence electrons. The molecule has 5 rings (SSSR count). The quantitative estimate of drug-likeness (QED) is 0.212. The van der Waals surface area contributed by atoms with Gasteiger partial charge in [0.1, 0.15) is 0 Å². The van der Waals surface area contributed by atoms with Gasteiger partial charge in [0, 0.05) is 0 Å². The third-order valence-electron chi connectivity index (χ3n) is 7.74. The summed E-state index contributed by atoms with van der Waals surface area (Å²) in [5.74, 6) is 1.32. The molecule has 0 aliphatic carbocycles. The molecule has 1 aliphatic rings. The van der Waals surface area contributed by atoms with E-state index in [1.165, 1.54) is 38.0 Å². The molecule has 0 radical (unpaired) electrons. The molecule has 4 aromatic carbocycles. The third-order valence-corrected chi connectivity index (χ3v) is 15.1. The van der Waals surface area contributed by atoms with Crippen molar-refractivity contribution in [2.24, 2.45) is 0 Å². The van der Waals surface area contributed by atoms with Gasteiger partial charge in [0.15, 0.2) is 0 Å². The normalized spacial score (nSPS) is 19.0. The van der Waals surface area contributed by atoms with Crippen molar-refractivity contribution in [3.8, 4) is 16.9 Å². The fourth-order valence-corrected chi connectivity index (χ4v) is 15.2. The van der Waals surface area contributed by atoms with Crippen molar-refractivity contribution in [3.63, 3.8) is 0 Å². The number of benzene rings is 4. The van der Waals surface area contributed by atoms with Crippen molar-refractivity contribution in [2.75, 3.05) is 0 Å². The molecular formula is C30H35OP. The first kappa shape index (κ1) is 21.5. The predicted molar refractivity (Wildman–Crippen MR) is 144 cm³/mol. The maximum atomic E-state index is 6.72. The van der Waals surface area contributed by atoms with Gasteiger partial charge in [-0.15, -0.1) is 0 Å². The van der Waals surface area contributed by atoms with E-state index < -0.39 is 7.26 Å². The molecule has 2 heteroatoms. The molecule has 0 N–H and O–H groups in total. The average Bonchev–Trinajstić information content (AvgIpc) is 3.05. The summed E-state index contributed by atoms with van der Waals surface area (Å²) in [5.41, 5.74) is 2.73. The number of fused-ring (bicyclic) bond motifs is 3. The van der Waals surface area contributed by atoms with Crippen LogP contribution in [0.4, 0.5) is 0 Å². The predicted octanol–water partition coefficient (Wildman–Crippen LogP) is 8.37. The Morgan fingerprint density at radius 2 is 1.22 bits per heavy atom. The van der Waals surface area contributed by atoms with E-state index in [0.29, 0.717) is 0 Å². The van der Waals surface area contributed by atoms with Gasteiger partial charge in [-0.25, -0.2) is 0 Å². The fourth-order valence-electron chi connectivity index (χ4n) is 7.12. The van der Waals surface area contributed by atoms with Crippen LogP contribution in [0.2, 0.25) is 0 Å². The minimum atomic E-state index is -2.18. The standard InChI is InChI=1S/C30H35OP/c1-20-31-26-18-12-17-25(28(26)32(20,29(2,3)4)30(5,6)7)27-23-15-10-8-13-21(23)19-22-14-9-11-16-24(22)27/h8-20,32H,1-7H3. The van der Waals surface area contributed by atoms with Gasteiger partial charge in [0.2, 0.25) is 0 Å². The van der Waals surface area contributed by atoms with E-state index in [2.05, 4.69) is 121 Å². The SMILES string of the molecule is CC1Oc2cccc(-c3c4ccccc4cc4ccccc34)c2[PH]1(C(C)(C)C)C(C)(C)C. The summed E-state index contributed by atoms with van der Waals surface area (Å²) in [4.78, 5) is 0. The van der Waals surface area contributed by atoms with Crippen LogP contribution >= 0.6 is 7.26 Å². The van der Waals surface area contributed by atoms with Crippen molar-refractivity contribution in [3.05, 3.63) is 72.8 Å². The van der Waals surface area contributed by atoms with Crippen LogP contribution in [0.3, 0.4) is 0 Å². The molecule has 0 spiro atoms. The molecule has 1 atom stereocenters. The van der Waals surface area contributed by atoms with E-state index in [0.717, 1.165) is 5.75 Å². The molecule has 4 aromatic rings. The Bertz CT molecular complexity index is 1270. The first-order valence-corrected chi connectivity index (χ1v) is 13.9. The molecule has 32 heavy (non-hydrogen) atoms. The van der Waals surface area contributed by atoms with E-state index in [1.54, 1.807) is 0 Å². The Labute approximate surface area is 193 Å². The molecule has 1 nitrogen and oxygen atoms in total. The summed E-state index contributed by atoms with van der Waals surface area (Å²) in [6, 6.07) is 26.8. The van der Waals surface area contributed by atoms with Crippen molar-refractivity contribution >= 4 is 34.1 Å². The molecular weight excluding hydrogens is 407 g/mol. The molecule has 0 amide bonds. The summed E-state index contributed by atoms with van der Waals surface area (Å²) >= 11 is 0. The number of hydrogen-bond acceptors (Lipinski definition) is 1. The zero-order valence-electron chi connectivity index (χ0n) is 20.4. The summed E-state index contributed by atoms with van der Waals surface area (Å²) in [6.45, 7) is 17.0. The van der Waals surface area contributed by atoms with Crippen molar-refractivity contribution in [1.82, 2.24) is 0 Å². The van der Waals surface area contributed by atoms with E-state index in [9.17, 15) is 0 Å². The molecule has 0 aromatic heterocycles. The fraction of sp³-hybridized carbons (Fsp3) is 0.333. The second kappa shape index (κ2) is 7.06. The van der Waals surface area contributed by atoms with Crippen LogP contribution in [0, 0.1) is 0 Å². The molecule has 0 saturated heterocycles. The van der Waals surface area contributed by atoms with E-state index in [1.807, 2.05) is 0 Å². The van der Waals surface area contributed by atoms with Crippen molar-refractivity contribution < 1.29 is 4.74 Å². The van der Waals surface area contributed by atoms with Crippen LogP contribution in [0.25, 0.3) is 32.7 Å². The van der Waals surface area contributed by atoms with Crippen LogP contribution in [-0.4, -0.2) is 16.2 Å². The zero-order valence-corrected chi connectivity index (χ0v) is 21.4. The second-order valence-corrected chi connectivity index (χ2v) is 17.4. The third kappa shape index (κ3) is 2.80. The second-order valence-electron chi connectivity index (χ2n) is 11.4. The Balaban J connectivity index is 1.99. The molecule has 0 saturated carbocycles. The van der Waals surface area contributed by atoms with E-state index >= 15 is 0 Å². The topological polar surface area (TPSA) is 9.23 Å². The molecule has 1 aliphatic heterocycles. The summed E-state index contributed by atoms with van der Waals surface area (Å²) in [7, 11) is -2.18. The van der Waals surface area contributed by atoms with Gasteiger partial charge in [-0.1, -0.05) is 0 Å². The Morgan fingerprint density at radius 3 is 1.75 bits per heavy atom. The maximum absolute atomic E-state index is 6.72. The van der Waals surface area contributed by atoms with Crippen LogP contribution in [-0.2, 0) is 0 Å². The Hall–Kier alpha value is -2.37. The van der Waals surface area contributed by atoms with Gasteiger partial charge in [-0.2, -0.15) is 0 Å². The van der Waals surface area contributed by atoms with Crippen LogP contribution in [0.15, 0.2) is 72.8 Å². The number of hydrogen-bond donors (Lipinski definition) is 0. The first-order chi connectivity index (χ1) is 15.1.